The number of benzene rings is 3. The number of urea groups is 1. The van der Waals surface area contributed by atoms with E-state index in [1.807, 2.05) is 91.0 Å². The lowest BCUT2D eigenvalue weighted by atomic mass is 9.92. The molecule has 0 spiro atoms. The molecule has 184 valence electrons. The normalized spacial score (nSPS) is 10.8. The van der Waals surface area contributed by atoms with Gasteiger partial charge in [-0.25, -0.2) is 9.78 Å². The van der Waals surface area contributed by atoms with Crippen molar-refractivity contribution >= 4 is 34.4 Å². The number of H-pyrrole nitrogens is 1. The summed E-state index contributed by atoms with van der Waals surface area (Å²) in [5.74, 6) is 0.790. The molecular formula is C29H22N8O. The minimum absolute atomic E-state index is 0.342. The van der Waals surface area contributed by atoms with E-state index >= 15 is 0 Å². The molecule has 0 unspecified atom stereocenters. The van der Waals surface area contributed by atoms with E-state index in [0.29, 0.717) is 23.0 Å². The van der Waals surface area contributed by atoms with Gasteiger partial charge in [-0.05, 0) is 41.0 Å². The van der Waals surface area contributed by atoms with Crippen LogP contribution in [0.5, 0.6) is 0 Å². The second kappa shape index (κ2) is 9.82. The van der Waals surface area contributed by atoms with Crippen LogP contribution in [0.15, 0.2) is 103 Å². The number of anilines is 3. The molecular weight excluding hydrogens is 476 g/mol. The Hall–Kier alpha value is -5.57. The predicted octanol–water partition coefficient (Wildman–Crippen LogP) is 5.98. The summed E-state index contributed by atoms with van der Waals surface area (Å²) < 4.78 is 0. The number of para-hydroxylation sites is 1. The van der Waals surface area contributed by atoms with Crippen LogP contribution in [0.2, 0.25) is 0 Å². The number of hydrogen-bond donors (Lipinski definition) is 4. The number of nitrogens with two attached hydrogens (primary N) is 1. The molecule has 0 radical (unpaired) electrons. The first-order valence-electron chi connectivity index (χ1n) is 11.9. The van der Waals surface area contributed by atoms with Crippen LogP contribution in [0.25, 0.3) is 44.5 Å². The van der Waals surface area contributed by atoms with Gasteiger partial charge in [0.05, 0.1) is 16.8 Å². The Bertz CT molecular complexity index is 1750. The van der Waals surface area contributed by atoms with Gasteiger partial charge in [-0.3, -0.25) is 10.4 Å². The number of nitrogens with one attached hydrogen (secondary N) is 3. The van der Waals surface area contributed by atoms with Crippen LogP contribution in [0.4, 0.5) is 22.1 Å². The Labute approximate surface area is 217 Å². The first kappa shape index (κ1) is 22.9. The number of rotatable bonds is 5. The third kappa shape index (κ3) is 4.40. The molecule has 2 amide bonds. The molecule has 0 aliphatic rings. The molecule has 3 aromatic carbocycles. The van der Waals surface area contributed by atoms with Gasteiger partial charge in [0, 0.05) is 17.3 Å². The first-order chi connectivity index (χ1) is 18.7. The highest BCUT2D eigenvalue weighted by Crippen LogP contribution is 2.39. The number of amides is 2. The zero-order valence-electron chi connectivity index (χ0n) is 20.1. The van der Waals surface area contributed by atoms with Crippen LogP contribution >= 0.6 is 0 Å². The molecule has 6 aromatic rings. The Morgan fingerprint density at radius 3 is 2.18 bits per heavy atom. The van der Waals surface area contributed by atoms with E-state index in [-0.39, 0.29) is 0 Å². The van der Waals surface area contributed by atoms with Crippen molar-refractivity contribution in [3.8, 4) is 33.5 Å². The average Bonchev–Trinajstić information content (AvgIpc) is 3.35. The first-order valence-corrected chi connectivity index (χ1v) is 11.9. The summed E-state index contributed by atoms with van der Waals surface area (Å²) in [4.78, 5) is 17.2. The van der Waals surface area contributed by atoms with Crippen LogP contribution in [0.3, 0.4) is 0 Å². The van der Waals surface area contributed by atoms with Gasteiger partial charge in [0.15, 0.2) is 11.5 Å². The van der Waals surface area contributed by atoms with Crippen LogP contribution in [0.1, 0.15) is 0 Å². The molecule has 0 atom stereocenters. The number of pyridine rings is 1. The third-order valence-electron chi connectivity index (χ3n) is 6.14. The molecule has 3 heterocycles. The van der Waals surface area contributed by atoms with Crippen molar-refractivity contribution < 1.29 is 4.79 Å². The van der Waals surface area contributed by atoms with Crippen molar-refractivity contribution in [1.29, 1.82) is 0 Å². The van der Waals surface area contributed by atoms with Crippen molar-refractivity contribution in [3.05, 3.63) is 103 Å². The summed E-state index contributed by atoms with van der Waals surface area (Å²) in [5, 5.41) is 21.8. The van der Waals surface area contributed by atoms with Crippen molar-refractivity contribution in [2.45, 2.75) is 0 Å². The van der Waals surface area contributed by atoms with Crippen LogP contribution in [-0.2, 0) is 0 Å². The molecule has 0 aliphatic carbocycles. The van der Waals surface area contributed by atoms with Crippen molar-refractivity contribution in [3.63, 3.8) is 0 Å². The molecule has 0 saturated carbocycles. The molecule has 6 rings (SSSR count). The summed E-state index contributed by atoms with van der Waals surface area (Å²) in [6, 6.07) is 30.3. The average molecular weight is 499 g/mol. The molecule has 5 N–H and O–H groups in total. The maximum absolute atomic E-state index is 12.9. The largest absolute Gasteiger partial charge is 0.383 e. The van der Waals surface area contributed by atoms with Crippen molar-refractivity contribution in [1.82, 2.24) is 25.4 Å². The Morgan fingerprint density at radius 2 is 1.42 bits per heavy atom. The van der Waals surface area contributed by atoms with Crippen LogP contribution in [-0.4, -0.2) is 31.4 Å². The van der Waals surface area contributed by atoms with E-state index in [2.05, 4.69) is 36.0 Å². The maximum atomic E-state index is 12.9. The fraction of sp³-hybridized carbons (Fsp3) is 0. The lowest BCUT2D eigenvalue weighted by molar-refractivity contribution is 0.262. The van der Waals surface area contributed by atoms with Crippen LogP contribution in [0, 0.1) is 0 Å². The van der Waals surface area contributed by atoms with E-state index in [9.17, 15) is 4.79 Å². The molecule has 38 heavy (non-hydrogen) atoms. The fourth-order valence-electron chi connectivity index (χ4n) is 4.41. The van der Waals surface area contributed by atoms with Gasteiger partial charge in [0.1, 0.15) is 5.82 Å². The number of fused-ring (bicyclic) bond motifs is 1. The fourth-order valence-corrected chi connectivity index (χ4v) is 4.41. The number of carbonyl (C=O) groups excluding carboxylic acids is 1. The lowest BCUT2D eigenvalue weighted by Gasteiger charge is -2.16. The lowest BCUT2D eigenvalue weighted by Crippen LogP contribution is -2.20. The summed E-state index contributed by atoms with van der Waals surface area (Å²) in [5.41, 5.74) is 12.6. The number of hydrogen-bond acceptors (Lipinski definition) is 6. The number of carbonyl (C=O) groups is 1. The van der Waals surface area contributed by atoms with Crippen LogP contribution < -0.4 is 16.4 Å². The highest BCUT2D eigenvalue weighted by Gasteiger charge is 2.17. The van der Waals surface area contributed by atoms with E-state index in [0.717, 1.165) is 38.9 Å². The minimum atomic E-state index is -0.429. The van der Waals surface area contributed by atoms with E-state index in [1.165, 1.54) is 0 Å². The number of nitrogen functional groups attached to an aromatic ring is 1. The summed E-state index contributed by atoms with van der Waals surface area (Å²) >= 11 is 0. The van der Waals surface area contributed by atoms with Gasteiger partial charge in [-0.15, -0.1) is 10.2 Å². The quantitative estimate of drug-likeness (QED) is 0.231. The molecule has 3 aromatic heterocycles. The topological polar surface area (TPSA) is 134 Å². The van der Waals surface area contributed by atoms with Crippen molar-refractivity contribution in [2.24, 2.45) is 0 Å². The summed E-state index contributed by atoms with van der Waals surface area (Å²) in [6.45, 7) is 0. The molecule has 9 nitrogen and oxygen atoms in total. The second-order valence-electron chi connectivity index (χ2n) is 8.53. The van der Waals surface area contributed by atoms with Gasteiger partial charge < -0.3 is 11.1 Å². The highest BCUT2D eigenvalue weighted by molar-refractivity contribution is 6.06. The number of aromatic nitrogens is 5. The standard InChI is InChI=1S/C29H22N8O/c30-27-26-22(16-17-31-28(26)37-36-27)20-11-5-4-10-19(20)21-12-6-7-13-24(21)32-29(38)33-25-15-14-23(34-35-25)18-8-2-1-3-9-18/h1-17H,(H3,30,31,36,37)(H2,32,33,35,38). The summed E-state index contributed by atoms with van der Waals surface area (Å²) in [6.07, 6.45) is 1.70. The van der Waals surface area contributed by atoms with Gasteiger partial charge in [0.2, 0.25) is 0 Å². The van der Waals surface area contributed by atoms with E-state index in [4.69, 9.17) is 5.73 Å². The van der Waals surface area contributed by atoms with E-state index in [1.54, 1.807) is 12.3 Å². The maximum Gasteiger partial charge on any atom is 0.324 e. The zero-order valence-corrected chi connectivity index (χ0v) is 20.1. The van der Waals surface area contributed by atoms with Crippen molar-refractivity contribution in [2.75, 3.05) is 16.4 Å². The SMILES string of the molecule is Nc1[nH]nc2nccc(-c3ccccc3-c3ccccc3NC(=O)Nc3ccc(-c4ccccc4)nn3)c12. The Balaban J connectivity index is 1.29. The number of aromatic amines is 1. The molecule has 9 heteroatoms. The highest BCUT2D eigenvalue weighted by atomic mass is 16.2. The summed E-state index contributed by atoms with van der Waals surface area (Å²) in [7, 11) is 0. The van der Waals surface area contributed by atoms with E-state index < -0.39 is 6.03 Å². The third-order valence-corrected chi connectivity index (χ3v) is 6.14. The molecule has 0 saturated heterocycles. The van der Waals surface area contributed by atoms with Gasteiger partial charge in [-0.2, -0.15) is 5.10 Å². The Morgan fingerprint density at radius 1 is 0.711 bits per heavy atom. The van der Waals surface area contributed by atoms with Gasteiger partial charge in [0.25, 0.3) is 0 Å². The Kier molecular flexibility index (Phi) is 5.91. The zero-order chi connectivity index (χ0) is 25.9. The predicted molar refractivity (Wildman–Crippen MR) is 149 cm³/mol. The smallest absolute Gasteiger partial charge is 0.324 e. The number of nitrogens with zero attached hydrogens (tertiary/aromatic N) is 4. The minimum Gasteiger partial charge on any atom is -0.383 e. The monoisotopic (exact) mass is 498 g/mol. The molecule has 0 bridgehead atoms. The molecule has 0 fully saturated rings. The molecule has 0 aliphatic heterocycles. The van der Waals surface area contributed by atoms with Gasteiger partial charge in [-0.1, -0.05) is 72.8 Å². The second-order valence-corrected chi connectivity index (χ2v) is 8.53. The van der Waals surface area contributed by atoms with Gasteiger partial charge >= 0.3 is 6.03 Å².